The van der Waals surface area contributed by atoms with Crippen LogP contribution in [0.3, 0.4) is 0 Å². The van der Waals surface area contributed by atoms with Crippen molar-refractivity contribution in [1.29, 1.82) is 0 Å². The predicted octanol–water partition coefficient (Wildman–Crippen LogP) is 2.46. The Labute approximate surface area is 116 Å². The lowest BCUT2D eigenvalue weighted by Gasteiger charge is -2.32. The average Bonchev–Trinajstić information content (AvgIpc) is 2.43. The Bertz CT molecular complexity index is 425. The van der Waals surface area contributed by atoms with Crippen molar-refractivity contribution in [2.24, 2.45) is 0 Å². The van der Waals surface area contributed by atoms with E-state index in [1.54, 1.807) is 0 Å². The average molecular weight is 260 g/mol. The Kier molecular flexibility index (Phi) is 4.97. The molecule has 1 N–H and O–H groups in total. The summed E-state index contributed by atoms with van der Waals surface area (Å²) in [5.41, 5.74) is 2.08. The highest BCUT2D eigenvalue weighted by molar-refractivity contribution is 5.96. The fraction of sp³-hybridized carbons (Fsp3) is 0.562. The van der Waals surface area contributed by atoms with Crippen molar-refractivity contribution in [3.05, 3.63) is 35.4 Å². The number of hydrogen-bond acceptors (Lipinski definition) is 2. The van der Waals surface area contributed by atoms with Crippen LogP contribution in [0.4, 0.5) is 0 Å². The molecule has 1 atom stereocenters. The third-order valence-corrected chi connectivity index (χ3v) is 3.76. The SMILES string of the molecule is CCCC(CN1CCc2ccccc2C1=O)NCC. The van der Waals surface area contributed by atoms with E-state index >= 15 is 0 Å². The number of nitrogens with one attached hydrogen (secondary N) is 1. The molecule has 1 heterocycles. The second kappa shape index (κ2) is 6.71. The van der Waals surface area contributed by atoms with Gasteiger partial charge in [-0.1, -0.05) is 38.5 Å². The first-order valence-electron chi connectivity index (χ1n) is 7.36. The van der Waals surface area contributed by atoms with Gasteiger partial charge in [0.25, 0.3) is 5.91 Å². The zero-order valence-corrected chi connectivity index (χ0v) is 12.0. The molecular formula is C16H24N2O. The molecular weight excluding hydrogens is 236 g/mol. The quantitative estimate of drug-likeness (QED) is 0.852. The van der Waals surface area contributed by atoms with Crippen LogP contribution in [0.25, 0.3) is 0 Å². The molecule has 3 heteroatoms. The Morgan fingerprint density at radius 3 is 2.84 bits per heavy atom. The number of benzene rings is 1. The summed E-state index contributed by atoms with van der Waals surface area (Å²) in [5.74, 6) is 0.195. The summed E-state index contributed by atoms with van der Waals surface area (Å²) >= 11 is 0. The van der Waals surface area contributed by atoms with E-state index in [1.807, 2.05) is 23.1 Å². The van der Waals surface area contributed by atoms with Crippen LogP contribution in [0.5, 0.6) is 0 Å². The molecule has 3 nitrogen and oxygen atoms in total. The van der Waals surface area contributed by atoms with Gasteiger partial charge in [0, 0.05) is 24.7 Å². The van der Waals surface area contributed by atoms with Crippen molar-refractivity contribution in [2.75, 3.05) is 19.6 Å². The molecule has 1 aliphatic rings. The third-order valence-electron chi connectivity index (χ3n) is 3.76. The first-order valence-corrected chi connectivity index (χ1v) is 7.36. The molecule has 2 rings (SSSR count). The van der Waals surface area contributed by atoms with E-state index in [2.05, 4.69) is 25.2 Å². The van der Waals surface area contributed by atoms with Crippen LogP contribution in [-0.4, -0.2) is 36.5 Å². The molecule has 1 amide bonds. The van der Waals surface area contributed by atoms with Gasteiger partial charge in [-0.3, -0.25) is 4.79 Å². The van der Waals surface area contributed by atoms with E-state index in [0.29, 0.717) is 6.04 Å². The molecule has 0 radical (unpaired) electrons. The first-order chi connectivity index (χ1) is 9.26. The molecule has 0 spiro atoms. The minimum atomic E-state index is 0.195. The summed E-state index contributed by atoms with van der Waals surface area (Å²) in [6.07, 6.45) is 3.25. The maximum absolute atomic E-state index is 12.5. The van der Waals surface area contributed by atoms with Gasteiger partial charge in [-0.25, -0.2) is 0 Å². The minimum absolute atomic E-state index is 0.195. The fourth-order valence-corrected chi connectivity index (χ4v) is 2.81. The van der Waals surface area contributed by atoms with Gasteiger partial charge in [-0.2, -0.15) is 0 Å². The van der Waals surface area contributed by atoms with Gasteiger partial charge in [-0.05, 0) is 31.0 Å². The largest absolute Gasteiger partial charge is 0.337 e. The van der Waals surface area contributed by atoms with Crippen molar-refractivity contribution in [3.63, 3.8) is 0 Å². The van der Waals surface area contributed by atoms with Crippen LogP contribution in [-0.2, 0) is 6.42 Å². The van der Waals surface area contributed by atoms with E-state index in [-0.39, 0.29) is 5.91 Å². The van der Waals surface area contributed by atoms with Gasteiger partial charge in [0.15, 0.2) is 0 Å². The number of rotatable bonds is 6. The Balaban J connectivity index is 2.05. The fourth-order valence-electron chi connectivity index (χ4n) is 2.81. The maximum Gasteiger partial charge on any atom is 0.254 e. The minimum Gasteiger partial charge on any atom is -0.337 e. The van der Waals surface area contributed by atoms with Gasteiger partial charge in [0.1, 0.15) is 0 Å². The molecule has 104 valence electrons. The van der Waals surface area contributed by atoms with Crippen molar-refractivity contribution in [1.82, 2.24) is 10.2 Å². The van der Waals surface area contributed by atoms with Crippen LogP contribution in [0.2, 0.25) is 0 Å². The molecule has 0 aliphatic carbocycles. The number of carbonyl (C=O) groups is 1. The smallest absolute Gasteiger partial charge is 0.254 e. The van der Waals surface area contributed by atoms with Crippen LogP contribution < -0.4 is 5.32 Å². The summed E-state index contributed by atoms with van der Waals surface area (Å²) in [4.78, 5) is 14.5. The lowest BCUT2D eigenvalue weighted by Crippen LogP contribution is -2.46. The number of amides is 1. The van der Waals surface area contributed by atoms with Crippen molar-refractivity contribution < 1.29 is 4.79 Å². The monoisotopic (exact) mass is 260 g/mol. The van der Waals surface area contributed by atoms with Crippen LogP contribution >= 0.6 is 0 Å². The molecule has 19 heavy (non-hydrogen) atoms. The van der Waals surface area contributed by atoms with E-state index in [4.69, 9.17) is 0 Å². The number of hydrogen-bond donors (Lipinski definition) is 1. The second-order valence-electron chi connectivity index (χ2n) is 5.20. The maximum atomic E-state index is 12.5. The van der Waals surface area contributed by atoms with Crippen LogP contribution in [0, 0.1) is 0 Å². The number of fused-ring (bicyclic) bond motifs is 1. The summed E-state index contributed by atoms with van der Waals surface area (Å²) in [6.45, 7) is 6.95. The predicted molar refractivity (Wildman–Crippen MR) is 78.4 cm³/mol. The highest BCUT2D eigenvalue weighted by Crippen LogP contribution is 2.19. The van der Waals surface area contributed by atoms with E-state index in [1.165, 1.54) is 5.56 Å². The molecule has 0 aromatic heterocycles. The van der Waals surface area contributed by atoms with Gasteiger partial charge in [0.05, 0.1) is 0 Å². The van der Waals surface area contributed by atoms with Gasteiger partial charge in [-0.15, -0.1) is 0 Å². The molecule has 1 aromatic rings. The van der Waals surface area contributed by atoms with Crippen LogP contribution in [0.15, 0.2) is 24.3 Å². The Morgan fingerprint density at radius 1 is 1.32 bits per heavy atom. The van der Waals surface area contributed by atoms with Gasteiger partial charge >= 0.3 is 0 Å². The van der Waals surface area contributed by atoms with Gasteiger partial charge in [0.2, 0.25) is 0 Å². The summed E-state index contributed by atoms with van der Waals surface area (Å²) < 4.78 is 0. The third kappa shape index (κ3) is 3.35. The number of nitrogens with zero attached hydrogens (tertiary/aromatic N) is 1. The summed E-state index contributed by atoms with van der Waals surface area (Å²) in [5, 5.41) is 3.48. The Hall–Kier alpha value is -1.35. The topological polar surface area (TPSA) is 32.3 Å². The lowest BCUT2D eigenvalue weighted by molar-refractivity contribution is 0.0720. The van der Waals surface area contributed by atoms with Crippen molar-refractivity contribution in [2.45, 2.75) is 39.2 Å². The lowest BCUT2D eigenvalue weighted by atomic mass is 9.98. The Morgan fingerprint density at radius 2 is 2.11 bits per heavy atom. The van der Waals surface area contributed by atoms with E-state index < -0.39 is 0 Å². The first kappa shape index (κ1) is 14.1. The highest BCUT2D eigenvalue weighted by Gasteiger charge is 2.25. The second-order valence-corrected chi connectivity index (χ2v) is 5.20. The van der Waals surface area contributed by atoms with E-state index in [0.717, 1.165) is 44.5 Å². The van der Waals surface area contributed by atoms with Gasteiger partial charge < -0.3 is 10.2 Å². The molecule has 1 aromatic carbocycles. The molecule has 1 aliphatic heterocycles. The number of carbonyl (C=O) groups excluding carboxylic acids is 1. The molecule has 0 saturated heterocycles. The molecule has 0 bridgehead atoms. The normalized spacial score (nSPS) is 16.3. The van der Waals surface area contributed by atoms with E-state index in [9.17, 15) is 4.79 Å². The highest BCUT2D eigenvalue weighted by atomic mass is 16.2. The molecule has 1 unspecified atom stereocenters. The zero-order chi connectivity index (χ0) is 13.7. The number of likely N-dealkylation sites (N-methyl/N-ethyl adjacent to an activating group) is 1. The standard InChI is InChI=1S/C16H24N2O/c1-3-7-14(17-4-2)12-18-11-10-13-8-5-6-9-15(13)16(18)19/h5-6,8-9,14,17H,3-4,7,10-12H2,1-2H3. The molecule has 0 fully saturated rings. The summed E-state index contributed by atoms with van der Waals surface area (Å²) in [6, 6.07) is 8.41. The van der Waals surface area contributed by atoms with Crippen LogP contribution in [0.1, 0.15) is 42.6 Å². The van der Waals surface area contributed by atoms with Crippen molar-refractivity contribution >= 4 is 5.91 Å². The summed E-state index contributed by atoms with van der Waals surface area (Å²) in [7, 11) is 0. The van der Waals surface area contributed by atoms with Crippen molar-refractivity contribution in [3.8, 4) is 0 Å². The zero-order valence-electron chi connectivity index (χ0n) is 12.0. The molecule has 0 saturated carbocycles.